The number of rotatable bonds is 2. The van der Waals surface area contributed by atoms with E-state index in [1.165, 1.54) is 0 Å². The Hall–Kier alpha value is -1.84. The van der Waals surface area contributed by atoms with E-state index in [-0.39, 0.29) is 10.9 Å². The van der Waals surface area contributed by atoms with Crippen molar-refractivity contribution in [3.63, 3.8) is 0 Å². The van der Waals surface area contributed by atoms with Gasteiger partial charge in [0.05, 0.1) is 11.1 Å². The Morgan fingerprint density at radius 3 is 1.36 bits per heavy atom. The van der Waals surface area contributed by atoms with Gasteiger partial charge in [-0.2, -0.15) is 0 Å². The van der Waals surface area contributed by atoms with Gasteiger partial charge in [0, 0.05) is 36.6 Å². The molecule has 3 rings (SSSR count). The normalized spacial score (nSPS) is 31.9. The van der Waals surface area contributed by atoms with E-state index in [9.17, 15) is 9.59 Å². The van der Waals surface area contributed by atoms with Gasteiger partial charge in [0.2, 0.25) is 10.9 Å². The van der Waals surface area contributed by atoms with Crippen molar-refractivity contribution >= 4 is 0 Å². The Labute approximate surface area is 131 Å². The lowest BCUT2D eigenvalue weighted by atomic mass is 9.74. The molecule has 2 unspecified atom stereocenters. The fraction of sp³-hybridized carbons (Fsp3) is 0.556. The third-order valence-electron chi connectivity index (χ3n) is 6.12. The van der Waals surface area contributed by atoms with Crippen LogP contribution in [0.4, 0.5) is 0 Å². The van der Waals surface area contributed by atoms with Crippen molar-refractivity contribution in [1.82, 2.24) is 9.80 Å². The molecule has 2 heterocycles. The molecule has 22 heavy (non-hydrogen) atoms. The molecule has 4 nitrogen and oxygen atoms in total. The monoisotopic (exact) mass is 300 g/mol. The van der Waals surface area contributed by atoms with E-state index in [1.807, 2.05) is 27.9 Å². The third-order valence-corrected chi connectivity index (χ3v) is 6.12. The summed E-state index contributed by atoms with van der Waals surface area (Å²) < 4.78 is 0. The largest absolute Gasteiger partial charge is 0.368 e. The lowest BCUT2D eigenvalue weighted by Gasteiger charge is -2.43. The minimum Gasteiger partial charge on any atom is -0.368 e. The molecule has 0 saturated carbocycles. The molecule has 0 fully saturated rings. The minimum atomic E-state index is -0.398. The van der Waals surface area contributed by atoms with Crippen LogP contribution in [0.1, 0.15) is 51.7 Å². The van der Waals surface area contributed by atoms with E-state index in [0.29, 0.717) is 11.1 Å². The quantitative estimate of drug-likeness (QED) is 0.785. The highest BCUT2D eigenvalue weighted by atomic mass is 16.2. The molecule has 2 aliphatic heterocycles. The Morgan fingerprint density at radius 1 is 0.818 bits per heavy atom. The summed E-state index contributed by atoms with van der Waals surface area (Å²) in [5.41, 5.74) is 2.34. The second kappa shape index (κ2) is 4.34. The number of hydrogen-bond donors (Lipinski definition) is 0. The summed E-state index contributed by atoms with van der Waals surface area (Å²) in [4.78, 5) is 29.1. The first-order chi connectivity index (χ1) is 10.1. The zero-order valence-electron chi connectivity index (χ0n) is 14.3. The second-order valence-electron chi connectivity index (χ2n) is 7.17. The smallest absolute Gasteiger partial charge is 0.232 e. The van der Waals surface area contributed by atoms with Crippen molar-refractivity contribution in [3.05, 3.63) is 55.1 Å². The van der Waals surface area contributed by atoms with E-state index in [1.54, 1.807) is 0 Å². The van der Waals surface area contributed by atoms with Crippen LogP contribution in [-0.2, 0) is 11.1 Å². The molecule has 118 valence electrons. The van der Waals surface area contributed by atoms with Gasteiger partial charge in [-0.05, 0) is 40.5 Å². The van der Waals surface area contributed by atoms with Crippen LogP contribution in [0.5, 0.6) is 0 Å². The van der Waals surface area contributed by atoms with E-state index in [0.717, 1.165) is 24.2 Å². The molecule has 1 aromatic carbocycles. The second-order valence-corrected chi connectivity index (χ2v) is 7.17. The maximum absolute atomic E-state index is 12.4. The topological polar surface area (TPSA) is 40.6 Å². The van der Waals surface area contributed by atoms with E-state index >= 15 is 0 Å². The van der Waals surface area contributed by atoms with Crippen LogP contribution in [-0.4, -0.2) is 23.9 Å². The molecule has 2 atom stereocenters. The van der Waals surface area contributed by atoms with E-state index in [2.05, 4.69) is 35.8 Å². The SMILES string of the molecule is CC1=CCC(C)(c2c(C3(C)CC=C(C)N3C)c(=O)c2=O)N1C. The van der Waals surface area contributed by atoms with Crippen molar-refractivity contribution in [3.8, 4) is 0 Å². The molecule has 0 spiro atoms. The lowest BCUT2D eigenvalue weighted by Crippen LogP contribution is -2.56. The first kappa shape index (κ1) is 15.1. The Bertz CT molecular complexity index is 716. The lowest BCUT2D eigenvalue weighted by molar-refractivity contribution is 0.176. The van der Waals surface area contributed by atoms with Gasteiger partial charge in [-0.1, -0.05) is 12.2 Å². The molecule has 0 aliphatic carbocycles. The molecule has 0 radical (unpaired) electrons. The van der Waals surface area contributed by atoms with Crippen LogP contribution < -0.4 is 10.9 Å². The first-order valence-electron chi connectivity index (χ1n) is 7.80. The summed E-state index contributed by atoms with van der Waals surface area (Å²) in [7, 11) is 4.01. The van der Waals surface area contributed by atoms with Crippen LogP contribution in [0.25, 0.3) is 0 Å². The van der Waals surface area contributed by atoms with E-state index < -0.39 is 11.1 Å². The van der Waals surface area contributed by atoms with Crippen LogP contribution in [0.2, 0.25) is 0 Å². The summed E-state index contributed by atoms with van der Waals surface area (Å²) in [6.45, 7) is 8.23. The van der Waals surface area contributed by atoms with Crippen molar-refractivity contribution in [2.45, 2.75) is 51.6 Å². The fourth-order valence-corrected chi connectivity index (χ4v) is 3.98. The van der Waals surface area contributed by atoms with Crippen LogP contribution >= 0.6 is 0 Å². The molecule has 0 saturated heterocycles. The predicted molar refractivity (Wildman–Crippen MR) is 88.3 cm³/mol. The highest BCUT2D eigenvalue weighted by Crippen LogP contribution is 2.45. The van der Waals surface area contributed by atoms with Gasteiger partial charge >= 0.3 is 0 Å². The van der Waals surface area contributed by atoms with E-state index in [4.69, 9.17) is 0 Å². The Kier molecular flexibility index (Phi) is 2.97. The number of hydrogen-bond acceptors (Lipinski definition) is 4. The zero-order valence-corrected chi connectivity index (χ0v) is 14.3. The number of nitrogens with zero attached hydrogens (tertiary/aromatic N) is 2. The van der Waals surface area contributed by atoms with Crippen LogP contribution in [0.15, 0.2) is 33.1 Å². The van der Waals surface area contributed by atoms with Crippen molar-refractivity contribution in [1.29, 1.82) is 0 Å². The van der Waals surface area contributed by atoms with Gasteiger partial charge in [0.1, 0.15) is 0 Å². The third kappa shape index (κ3) is 1.58. The van der Waals surface area contributed by atoms with Gasteiger partial charge < -0.3 is 9.80 Å². The molecule has 0 bridgehead atoms. The molecular weight excluding hydrogens is 276 g/mol. The Morgan fingerprint density at radius 2 is 1.14 bits per heavy atom. The molecule has 2 aliphatic rings. The first-order valence-corrected chi connectivity index (χ1v) is 7.80. The standard InChI is InChI=1S/C18H24N2O2/c1-11-7-9-17(3,19(11)5)13-14(16(22)15(13)21)18(4)10-8-12(2)20(18)6/h7-8H,9-10H2,1-6H3. The zero-order chi connectivity index (χ0) is 16.4. The maximum atomic E-state index is 12.4. The average Bonchev–Trinajstić information content (AvgIpc) is 2.90. The fourth-order valence-electron chi connectivity index (χ4n) is 3.98. The molecular formula is C18H24N2O2. The van der Waals surface area contributed by atoms with Crippen LogP contribution in [0, 0.1) is 0 Å². The average molecular weight is 300 g/mol. The van der Waals surface area contributed by atoms with Crippen LogP contribution in [0.3, 0.4) is 0 Å². The number of allylic oxidation sites excluding steroid dienone is 2. The van der Waals surface area contributed by atoms with Gasteiger partial charge in [-0.25, -0.2) is 0 Å². The summed E-state index contributed by atoms with van der Waals surface area (Å²) in [6, 6.07) is 0. The van der Waals surface area contributed by atoms with Gasteiger partial charge in [0.15, 0.2) is 0 Å². The van der Waals surface area contributed by atoms with Crippen molar-refractivity contribution in [2.24, 2.45) is 0 Å². The van der Waals surface area contributed by atoms with Crippen molar-refractivity contribution in [2.75, 3.05) is 14.1 Å². The molecule has 4 heteroatoms. The molecule has 0 amide bonds. The molecule has 0 aromatic heterocycles. The maximum Gasteiger partial charge on any atom is 0.232 e. The summed E-state index contributed by atoms with van der Waals surface area (Å²) >= 11 is 0. The van der Waals surface area contributed by atoms with Gasteiger partial charge in [-0.15, -0.1) is 0 Å². The summed E-state index contributed by atoms with van der Waals surface area (Å²) in [6.07, 6.45) is 5.84. The summed E-state index contributed by atoms with van der Waals surface area (Å²) in [5.74, 6) is 0. The molecule has 1 aromatic rings. The Balaban J connectivity index is 2.13. The van der Waals surface area contributed by atoms with Crippen molar-refractivity contribution < 1.29 is 0 Å². The highest BCUT2D eigenvalue weighted by molar-refractivity contribution is 5.47. The van der Waals surface area contributed by atoms with Gasteiger partial charge in [0.25, 0.3) is 0 Å². The predicted octanol–water partition coefficient (Wildman–Crippen LogP) is 2.19. The highest BCUT2D eigenvalue weighted by Gasteiger charge is 2.49. The molecule has 0 N–H and O–H groups in total. The van der Waals surface area contributed by atoms with Gasteiger partial charge in [-0.3, -0.25) is 9.59 Å². The minimum absolute atomic E-state index is 0.299. The summed E-state index contributed by atoms with van der Waals surface area (Å²) in [5, 5.41) is 0.